The van der Waals surface area contributed by atoms with Crippen molar-refractivity contribution in [2.45, 2.75) is 39.0 Å². The van der Waals surface area contributed by atoms with E-state index >= 15 is 0 Å². The van der Waals surface area contributed by atoms with Gasteiger partial charge in [0.25, 0.3) is 0 Å². The van der Waals surface area contributed by atoms with Crippen LogP contribution in [0.3, 0.4) is 0 Å². The van der Waals surface area contributed by atoms with Crippen molar-refractivity contribution in [2.24, 2.45) is 17.8 Å². The van der Waals surface area contributed by atoms with Crippen LogP contribution in [-0.4, -0.2) is 13.1 Å². The first-order valence-corrected chi connectivity index (χ1v) is 5.57. The van der Waals surface area contributed by atoms with E-state index in [2.05, 4.69) is 12.2 Å². The summed E-state index contributed by atoms with van der Waals surface area (Å²) in [6, 6.07) is 0. The lowest BCUT2D eigenvalue weighted by atomic mass is 9.81. The Morgan fingerprint density at radius 1 is 1.00 bits per heavy atom. The van der Waals surface area contributed by atoms with Gasteiger partial charge in [-0.05, 0) is 37.3 Å². The molecule has 2 fully saturated rings. The first kappa shape index (κ1) is 8.55. The largest absolute Gasteiger partial charge is 0.316 e. The van der Waals surface area contributed by atoms with Crippen LogP contribution in [0.1, 0.15) is 39.0 Å². The lowest BCUT2D eigenvalue weighted by Gasteiger charge is -2.31. The molecule has 2 rings (SSSR count). The molecule has 0 aromatic carbocycles. The molecule has 2 aliphatic rings. The Balaban J connectivity index is 1.85. The molecule has 0 aromatic rings. The van der Waals surface area contributed by atoms with Gasteiger partial charge in [-0.1, -0.05) is 32.6 Å². The van der Waals surface area contributed by atoms with Gasteiger partial charge in [-0.3, -0.25) is 0 Å². The predicted octanol–water partition coefficient (Wildman–Crippen LogP) is 2.42. The van der Waals surface area contributed by atoms with E-state index in [1.54, 1.807) is 0 Å². The zero-order valence-corrected chi connectivity index (χ0v) is 8.18. The minimum atomic E-state index is 0.921. The Kier molecular flexibility index (Phi) is 2.69. The van der Waals surface area contributed by atoms with Gasteiger partial charge in [-0.25, -0.2) is 0 Å². The van der Waals surface area contributed by atoms with E-state index in [1.165, 1.54) is 45.2 Å². The van der Waals surface area contributed by atoms with Crippen LogP contribution in [0, 0.1) is 17.8 Å². The van der Waals surface area contributed by atoms with Gasteiger partial charge in [-0.2, -0.15) is 0 Å². The summed E-state index contributed by atoms with van der Waals surface area (Å²) in [5.41, 5.74) is 0. The second-order valence-electron chi connectivity index (χ2n) is 4.80. The first-order chi connectivity index (χ1) is 5.86. The summed E-state index contributed by atoms with van der Waals surface area (Å²) in [5.74, 6) is 3.00. The molecule has 70 valence electrons. The fraction of sp³-hybridized carbons (Fsp3) is 1.00. The van der Waals surface area contributed by atoms with Crippen molar-refractivity contribution in [2.75, 3.05) is 13.1 Å². The Morgan fingerprint density at radius 2 is 1.75 bits per heavy atom. The van der Waals surface area contributed by atoms with Gasteiger partial charge >= 0.3 is 0 Å². The molecule has 12 heavy (non-hydrogen) atoms. The van der Waals surface area contributed by atoms with E-state index in [1.807, 2.05) is 0 Å². The molecule has 1 saturated heterocycles. The average molecular weight is 167 g/mol. The van der Waals surface area contributed by atoms with Crippen LogP contribution in [0.2, 0.25) is 0 Å². The highest BCUT2D eigenvalue weighted by Crippen LogP contribution is 2.35. The lowest BCUT2D eigenvalue weighted by Crippen LogP contribution is -2.37. The van der Waals surface area contributed by atoms with Gasteiger partial charge in [0.15, 0.2) is 0 Å². The number of hydrogen-bond acceptors (Lipinski definition) is 1. The van der Waals surface area contributed by atoms with Crippen molar-refractivity contribution in [3.8, 4) is 0 Å². The van der Waals surface area contributed by atoms with Crippen molar-refractivity contribution < 1.29 is 0 Å². The van der Waals surface area contributed by atoms with Crippen molar-refractivity contribution in [3.63, 3.8) is 0 Å². The summed E-state index contributed by atoms with van der Waals surface area (Å²) >= 11 is 0. The molecule has 1 aliphatic heterocycles. The van der Waals surface area contributed by atoms with Gasteiger partial charge in [0.05, 0.1) is 0 Å². The summed E-state index contributed by atoms with van der Waals surface area (Å²) in [4.78, 5) is 0. The van der Waals surface area contributed by atoms with Gasteiger partial charge in [0.1, 0.15) is 0 Å². The Bertz CT molecular complexity index is 138. The summed E-state index contributed by atoms with van der Waals surface area (Å²) in [7, 11) is 0. The first-order valence-electron chi connectivity index (χ1n) is 5.57. The van der Waals surface area contributed by atoms with E-state index in [4.69, 9.17) is 0 Å². The van der Waals surface area contributed by atoms with Crippen molar-refractivity contribution in [1.82, 2.24) is 5.32 Å². The summed E-state index contributed by atoms with van der Waals surface area (Å²) in [6.07, 6.45) is 7.50. The zero-order valence-electron chi connectivity index (χ0n) is 8.18. The van der Waals surface area contributed by atoms with Crippen molar-refractivity contribution >= 4 is 0 Å². The van der Waals surface area contributed by atoms with Gasteiger partial charge in [-0.15, -0.1) is 0 Å². The summed E-state index contributed by atoms with van der Waals surface area (Å²) < 4.78 is 0. The molecule has 1 N–H and O–H groups in total. The van der Waals surface area contributed by atoms with Gasteiger partial charge in [0, 0.05) is 0 Å². The van der Waals surface area contributed by atoms with Crippen LogP contribution >= 0.6 is 0 Å². The molecule has 0 radical (unpaired) electrons. The van der Waals surface area contributed by atoms with Gasteiger partial charge < -0.3 is 5.32 Å². The van der Waals surface area contributed by atoms with Crippen LogP contribution in [0.5, 0.6) is 0 Å². The highest BCUT2D eigenvalue weighted by atomic mass is 14.9. The van der Waals surface area contributed by atoms with Crippen LogP contribution in [-0.2, 0) is 0 Å². The van der Waals surface area contributed by atoms with Crippen molar-refractivity contribution in [1.29, 1.82) is 0 Å². The minimum Gasteiger partial charge on any atom is -0.316 e. The molecule has 0 spiro atoms. The molecule has 1 aliphatic carbocycles. The Labute approximate surface area is 75.9 Å². The number of piperidine rings is 1. The molecule has 0 bridgehead atoms. The Hall–Kier alpha value is -0.0400. The molecular formula is C11H21N. The second-order valence-corrected chi connectivity index (χ2v) is 4.80. The maximum absolute atomic E-state index is 3.56. The molecule has 2 atom stereocenters. The second kappa shape index (κ2) is 3.78. The molecule has 1 heterocycles. The smallest absolute Gasteiger partial charge is 0.00176 e. The summed E-state index contributed by atoms with van der Waals surface area (Å²) in [6.45, 7) is 4.94. The van der Waals surface area contributed by atoms with Crippen LogP contribution in [0.4, 0.5) is 0 Å². The molecule has 1 heteroatoms. The summed E-state index contributed by atoms with van der Waals surface area (Å²) in [5, 5.41) is 3.56. The molecule has 0 aromatic heterocycles. The fourth-order valence-corrected chi connectivity index (χ4v) is 2.99. The monoisotopic (exact) mass is 167 g/mol. The number of nitrogens with one attached hydrogen (secondary N) is 1. The topological polar surface area (TPSA) is 12.0 Å². The van der Waals surface area contributed by atoms with Crippen LogP contribution < -0.4 is 5.32 Å². The number of rotatable bonds is 1. The third kappa shape index (κ3) is 1.82. The number of hydrogen-bond donors (Lipinski definition) is 1. The third-order valence-electron chi connectivity index (χ3n) is 3.67. The van der Waals surface area contributed by atoms with E-state index in [-0.39, 0.29) is 0 Å². The van der Waals surface area contributed by atoms with E-state index in [0.717, 1.165) is 17.8 Å². The van der Waals surface area contributed by atoms with Crippen molar-refractivity contribution in [3.05, 3.63) is 0 Å². The Morgan fingerprint density at radius 3 is 2.42 bits per heavy atom. The zero-order chi connectivity index (χ0) is 8.39. The molecule has 1 saturated carbocycles. The lowest BCUT2D eigenvalue weighted by molar-refractivity contribution is 0.224. The van der Waals surface area contributed by atoms with Crippen LogP contribution in [0.15, 0.2) is 0 Å². The normalized spacial score (nSPS) is 38.8. The average Bonchev–Trinajstić information content (AvgIpc) is 2.56. The van der Waals surface area contributed by atoms with Crippen LogP contribution in [0.25, 0.3) is 0 Å². The third-order valence-corrected chi connectivity index (χ3v) is 3.67. The SMILES string of the molecule is CC1CNCC(C2CCCC2)C1. The predicted molar refractivity (Wildman–Crippen MR) is 52.1 cm³/mol. The standard InChI is InChI=1S/C11H21N/c1-9-6-11(8-12-7-9)10-4-2-3-5-10/h9-12H,2-8H2,1H3. The highest BCUT2D eigenvalue weighted by Gasteiger charge is 2.28. The minimum absolute atomic E-state index is 0.921. The highest BCUT2D eigenvalue weighted by molar-refractivity contribution is 4.81. The van der Waals surface area contributed by atoms with E-state index < -0.39 is 0 Å². The molecule has 1 nitrogen and oxygen atoms in total. The van der Waals surface area contributed by atoms with E-state index in [9.17, 15) is 0 Å². The quantitative estimate of drug-likeness (QED) is 0.632. The maximum Gasteiger partial charge on any atom is -0.00176 e. The van der Waals surface area contributed by atoms with Gasteiger partial charge in [0.2, 0.25) is 0 Å². The maximum atomic E-state index is 3.56. The van der Waals surface area contributed by atoms with E-state index in [0.29, 0.717) is 0 Å². The molecule has 0 amide bonds. The molecule has 2 unspecified atom stereocenters. The fourth-order valence-electron chi connectivity index (χ4n) is 2.99. The molecular weight excluding hydrogens is 146 g/mol.